The standard InChI is InChI=1S/C9H10N3O/c13-8-3-6-12(7-4-8)9-2-1-5-10-11-9/h1-2H,3-4,6-7H2. The molecule has 0 unspecified atom stereocenters. The molecule has 1 aromatic heterocycles. The molecule has 1 aromatic rings. The van der Waals surface area contributed by atoms with Gasteiger partial charge in [0.05, 0.1) is 0 Å². The fourth-order valence-electron chi connectivity index (χ4n) is 1.41. The van der Waals surface area contributed by atoms with Crippen LogP contribution < -0.4 is 4.90 Å². The summed E-state index contributed by atoms with van der Waals surface area (Å²) < 4.78 is 0. The fraction of sp³-hybridized carbons (Fsp3) is 0.444. The minimum absolute atomic E-state index is 0.340. The summed E-state index contributed by atoms with van der Waals surface area (Å²) in [6.45, 7) is 1.52. The van der Waals surface area contributed by atoms with Crippen LogP contribution in [0.25, 0.3) is 0 Å². The third kappa shape index (κ3) is 1.83. The number of carbonyl (C=O) groups excluding carboxylic acids is 1. The summed E-state index contributed by atoms with van der Waals surface area (Å²) in [5.74, 6) is 1.18. The molecule has 0 aromatic carbocycles. The number of hydrogen-bond acceptors (Lipinski definition) is 4. The third-order valence-corrected chi connectivity index (χ3v) is 2.16. The van der Waals surface area contributed by atoms with Crippen LogP contribution >= 0.6 is 0 Å². The van der Waals surface area contributed by atoms with Crippen LogP contribution in [0.4, 0.5) is 5.82 Å². The molecule has 2 heterocycles. The third-order valence-electron chi connectivity index (χ3n) is 2.16. The summed E-state index contributed by atoms with van der Waals surface area (Å²) in [5.41, 5.74) is 0. The van der Waals surface area contributed by atoms with Gasteiger partial charge in [-0.2, -0.15) is 0 Å². The molecule has 2 rings (SSSR count). The fourth-order valence-corrected chi connectivity index (χ4v) is 1.41. The van der Waals surface area contributed by atoms with Gasteiger partial charge in [0, 0.05) is 25.9 Å². The van der Waals surface area contributed by atoms with Gasteiger partial charge in [-0.25, -0.2) is 0 Å². The monoisotopic (exact) mass is 176 g/mol. The van der Waals surface area contributed by atoms with Gasteiger partial charge in [0.15, 0.2) is 5.82 Å². The van der Waals surface area contributed by atoms with Gasteiger partial charge in [-0.1, -0.05) is 0 Å². The number of piperidine rings is 1. The topological polar surface area (TPSA) is 46.1 Å². The molecular formula is C9H10N3O. The Labute approximate surface area is 76.6 Å². The van der Waals surface area contributed by atoms with E-state index in [2.05, 4.69) is 21.3 Å². The lowest BCUT2D eigenvalue weighted by molar-refractivity contribution is -0.119. The molecule has 1 radical (unpaired) electrons. The molecule has 0 N–H and O–H groups in total. The molecule has 67 valence electrons. The lowest BCUT2D eigenvalue weighted by Crippen LogP contribution is -2.34. The number of anilines is 1. The Kier molecular flexibility index (Phi) is 2.21. The molecular weight excluding hydrogens is 166 g/mol. The largest absolute Gasteiger partial charge is 0.354 e. The highest BCUT2D eigenvalue weighted by atomic mass is 16.1. The van der Waals surface area contributed by atoms with E-state index in [1.165, 1.54) is 0 Å². The molecule has 1 saturated heterocycles. The van der Waals surface area contributed by atoms with Crippen LogP contribution in [-0.4, -0.2) is 29.1 Å². The van der Waals surface area contributed by atoms with Gasteiger partial charge < -0.3 is 4.90 Å². The zero-order valence-corrected chi connectivity index (χ0v) is 7.23. The Morgan fingerprint density at radius 2 is 2.15 bits per heavy atom. The highest BCUT2D eigenvalue weighted by Gasteiger charge is 2.16. The van der Waals surface area contributed by atoms with Crippen LogP contribution in [0.1, 0.15) is 12.8 Å². The number of hydrogen-bond donors (Lipinski definition) is 0. The molecule has 0 atom stereocenters. The van der Waals surface area contributed by atoms with Crippen molar-refractivity contribution in [2.24, 2.45) is 0 Å². The van der Waals surface area contributed by atoms with Crippen LogP contribution in [0.15, 0.2) is 12.1 Å². The average Bonchev–Trinajstić information content (AvgIpc) is 2.20. The van der Waals surface area contributed by atoms with Gasteiger partial charge in [-0.05, 0) is 12.1 Å². The van der Waals surface area contributed by atoms with Crippen molar-refractivity contribution in [1.29, 1.82) is 0 Å². The minimum Gasteiger partial charge on any atom is -0.354 e. The van der Waals surface area contributed by atoms with Gasteiger partial charge in [-0.15, -0.1) is 10.2 Å². The maximum Gasteiger partial charge on any atom is 0.151 e. The predicted octanol–water partition coefficient (Wildman–Crippen LogP) is 0.446. The Bertz CT molecular complexity index is 289. The van der Waals surface area contributed by atoms with E-state index in [-0.39, 0.29) is 0 Å². The summed E-state index contributed by atoms with van der Waals surface area (Å²) in [5, 5.41) is 7.61. The van der Waals surface area contributed by atoms with Crippen molar-refractivity contribution in [3.63, 3.8) is 0 Å². The highest BCUT2D eigenvalue weighted by Crippen LogP contribution is 2.13. The van der Waals surface area contributed by atoms with Crippen molar-refractivity contribution in [2.45, 2.75) is 12.8 Å². The lowest BCUT2D eigenvalue weighted by Gasteiger charge is -2.26. The number of Topliss-reactive ketones (excluding diaryl/α,β-unsaturated/α-hetero) is 1. The van der Waals surface area contributed by atoms with E-state index in [4.69, 9.17) is 0 Å². The van der Waals surface area contributed by atoms with Crippen molar-refractivity contribution in [2.75, 3.05) is 18.0 Å². The number of carbonyl (C=O) groups is 1. The molecule has 1 aliphatic heterocycles. The number of nitrogens with zero attached hydrogens (tertiary/aromatic N) is 3. The molecule has 4 heteroatoms. The quantitative estimate of drug-likeness (QED) is 0.623. The second-order valence-electron chi connectivity index (χ2n) is 3.05. The minimum atomic E-state index is 0.340. The highest BCUT2D eigenvalue weighted by molar-refractivity contribution is 5.80. The van der Waals surface area contributed by atoms with Crippen molar-refractivity contribution < 1.29 is 4.79 Å². The molecule has 0 aliphatic carbocycles. The summed E-state index contributed by atoms with van der Waals surface area (Å²) in [6, 6.07) is 3.60. The smallest absolute Gasteiger partial charge is 0.151 e. The number of rotatable bonds is 1. The Morgan fingerprint density at radius 3 is 2.77 bits per heavy atom. The van der Waals surface area contributed by atoms with Crippen molar-refractivity contribution in [3.05, 3.63) is 18.3 Å². The Balaban J connectivity index is 2.07. The van der Waals surface area contributed by atoms with Gasteiger partial charge in [-0.3, -0.25) is 4.79 Å². The molecule has 0 bridgehead atoms. The van der Waals surface area contributed by atoms with Crippen molar-refractivity contribution >= 4 is 11.6 Å². The molecule has 4 nitrogen and oxygen atoms in total. The maximum absolute atomic E-state index is 11.0. The summed E-state index contributed by atoms with van der Waals surface area (Å²) in [6.07, 6.45) is 3.88. The molecule has 0 amide bonds. The van der Waals surface area contributed by atoms with E-state index in [1.54, 1.807) is 6.07 Å². The first-order valence-corrected chi connectivity index (χ1v) is 4.33. The van der Waals surface area contributed by atoms with Crippen molar-refractivity contribution in [1.82, 2.24) is 10.2 Å². The van der Waals surface area contributed by atoms with Crippen LogP contribution in [0.2, 0.25) is 0 Å². The second-order valence-corrected chi connectivity index (χ2v) is 3.05. The van der Waals surface area contributed by atoms with Crippen LogP contribution in [0.5, 0.6) is 0 Å². The van der Waals surface area contributed by atoms with E-state index in [0.29, 0.717) is 18.6 Å². The first kappa shape index (κ1) is 8.16. The van der Waals surface area contributed by atoms with E-state index in [1.807, 2.05) is 6.07 Å². The Morgan fingerprint density at radius 1 is 1.38 bits per heavy atom. The van der Waals surface area contributed by atoms with Gasteiger partial charge >= 0.3 is 0 Å². The molecule has 1 aliphatic rings. The summed E-state index contributed by atoms with van der Waals surface area (Å²) >= 11 is 0. The summed E-state index contributed by atoms with van der Waals surface area (Å²) in [4.78, 5) is 13.0. The van der Waals surface area contributed by atoms with Gasteiger partial charge in [0.25, 0.3) is 0 Å². The maximum atomic E-state index is 11.0. The van der Waals surface area contributed by atoms with E-state index < -0.39 is 0 Å². The zero-order chi connectivity index (χ0) is 9.10. The second kappa shape index (κ2) is 3.51. The molecule has 0 saturated carbocycles. The average molecular weight is 176 g/mol. The van der Waals surface area contributed by atoms with E-state index >= 15 is 0 Å². The SMILES string of the molecule is O=C1CCN(c2cc[c]nn2)CC1. The molecule has 13 heavy (non-hydrogen) atoms. The van der Waals surface area contributed by atoms with Gasteiger partial charge in [0.2, 0.25) is 0 Å². The first-order chi connectivity index (χ1) is 6.36. The van der Waals surface area contributed by atoms with Gasteiger partial charge in [0.1, 0.15) is 12.0 Å². The van der Waals surface area contributed by atoms with Crippen LogP contribution in [0.3, 0.4) is 0 Å². The normalized spacial score (nSPS) is 17.5. The predicted molar refractivity (Wildman–Crippen MR) is 47.3 cm³/mol. The Hall–Kier alpha value is -1.45. The number of ketones is 1. The van der Waals surface area contributed by atoms with E-state index in [9.17, 15) is 4.79 Å². The molecule has 1 fully saturated rings. The zero-order valence-electron chi connectivity index (χ0n) is 7.23. The first-order valence-electron chi connectivity index (χ1n) is 4.33. The lowest BCUT2D eigenvalue weighted by atomic mass is 10.1. The van der Waals surface area contributed by atoms with Crippen LogP contribution in [0, 0.1) is 6.20 Å². The summed E-state index contributed by atoms with van der Waals surface area (Å²) in [7, 11) is 0. The van der Waals surface area contributed by atoms with Crippen LogP contribution in [-0.2, 0) is 4.79 Å². The molecule has 0 spiro atoms. The van der Waals surface area contributed by atoms with Crippen molar-refractivity contribution in [3.8, 4) is 0 Å². The van der Waals surface area contributed by atoms with E-state index in [0.717, 1.165) is 18.9 Å². The number of aromatic nitrogens is 2.